The molecule has 0 radical (unpaired) electrons. The van der Waals surface area contributed by atoms with Gasteiger partial charge < -0.3 is 15.7 Å². The van der Waals surface area contributed by atoms with Gasteiger partial charge in [-0.05, 0) is 25.8 Å². The maximum absolute atomic E-state index is 13.6. The molecular formula is C16H24FN3O. The van der Waals surface area contributed by atoms with Crippen molar-refractivity contribution in [3.05, 3.63) is 35.6 Å². The Balaban J connectivity index is 1.94. The van der Waals surface area contributed by atoms with Crippen LogP contribution in [0, 0.1) is 5.82 Å². The minimum absolute atomic E-state index is 0.244. The quantitative estimate of drug-likeness (QED) is 0.576. The Bertz CT molecular complexity index is 484. The second-order valence-corrected chi connectivity index (χ2v) is 5.57. The summed E-state index contributed by atoms with van der Waals surface area (Å²) in [5, 5.41) is 16.6. The molecule has 0 unspecified atom stereocenters. The summed E-state index contributed by atoms with van der Waals surface area (Å²) < 4.78 is 13.6. The standard InChI is InChI=1S/C16H24FN3O/c1-2-18-15(20-12-16(21)9-5-6-10-16)19-11-13-7-3-4-8-14(13)17/h3-4,7-8,21H,2,5-6,9-12H2,1H3,(H2,18,19,20). The first kappa shape index (κ1) is 15.8. The predicted octanol–water partition coefficient (Wildman–Crippen LogP) is 2.19. The summed E-state index contributed by atoms with van der Waals surface area (Å²) >= 11 is 0. The number of guanidine groups is 1. The maximum Gasteiger partial charge on any atom is 0.191 e. The Hall–Kier alpha value is -1.62. The summed E-state index contributed by atoms with van der Waals surface area (Å²) in [6, 6.07) is 6.64. The van der Waals surface area contributed by atoms with E-state index in [-0.39, 0.29) is 12.4 Å². The molecule has 21 heavy (non-hydrogen) atoms. The van der Waals surface area contributed by atoms with E-state index < -0.39 is 5.60 Å². The Morgan fingerprint density at radius 2 is 2.00 bits per heavy atom. The van der Waals surface area contributed by atoms with Crippen LogP contribution in [0.1, 0.15) is 38.2 Å². The van der Waals surface area contributed by atoms with Crippen LogP contribution in [-0.4, -0.2) is 29.8 Å². The topological polar surface area (TPSA) is 56.7 Å². The van der Waals surface area contributed by atoms with E-state index in [4.69, 9.17) is 0 Å². The number of rotatable bonds is 5. The van der Waals surface area contributed by atoms with E-state index in [1.165, 1.54) is 6.07 Å². The number of nitrogens with zero attached hydrogens (tertiary/aromatic N) is 1. The van der Waals surface area contributed by atoms with Crippen LogP contribution in [0.3, 0.4) is 0 Å². The van der Waals surface area contributed by atoms with Gasteiger partial charge in [0.2, 0.25) is 0 Å². The van der Waals surface area contributed by atoms with Gasteiger partial charge in [0.1, 0.15) is 5.82 Å². The molecule has 116 valence electrons. The fourth-order valence-electron chi connectivity index (χ4n) is 2.59. The van der Waals surface area contributed by atoms with Crippen molar-refractivity contribution in [3.63, 3.8) is 0 Å². The van der Waals surface area contributed by atoms with E-state index in [0.717, 1.165) is 32.2 Å². The highest BCUT2D eigenvalue weighted by Gasteiger charge is 2.30. The lowest BCUT2D eigenvalue weighted by Crippen LogP contribution is -2.46. The van der Waals surface area contributed by atoms with Crippen LogP contribution in [0.5, 0.6) is 0 Å². The molecule has 1 aliphatic rings. The number of hydrogen-bond donors (Lipinski definition) is 3. The highest BCUT2D eigenvalue weighted by atomic mass is 19.1. The number of aliphatic hydroxyl groups is 1. The van der Waals surface area contributed by atoms with Crippen molar-refractivity contribution in [1.82, 2.24) is 10.6 Å². The average molecular weight is 293 g/mol. The molecule has 3 N–H and O–H groups in total. The molecule has 5 heteroatoms. The zero-order chi connectivity index (χ0) is 15.1. The molecular weight excluding hydrogens is 269 g/mol. The molecule has 1 saturated carbocycles. The van der Waals surface area contributed by atoms with Gasteiger partial charge in [-0.3, -0.25) is 0 Å². The first-order valence-electron chi connectivity index (χ1n) is 7.61. The Kier molecular flexibility index (Phi) is 5.56. The lowest BCUT2D eigenvalue weighted by molar-refractivity contribution is 0.0522. The molecule has 1 aromatic carbocycles. The third-order valence-electron chi connectivity index (χ3n) is 3.83. The van der Waals surface area contributed by atoms with Crippen molar-refractivity contribution in [2.45, 2.75) is 44.8 Å². The minimum Gasteiger partial charge on any atom is -0.388 e. The van der Waals surface area contributed by atoms with Crippen LogP contribution in [0.25, 0.3) is 0 Å². The van der Waals surface area contributed by atoms with Crippen molar-refractivity contribution in [3.8, 4) is 0 Å². The van der Waals surface area contributed by atoms with E-state index >= 15 is 0 Å². The van der Waals surface area contributed by atoms with E-state index in [9.17, 15) is 9.50 Å². The smallest absolute Gasteiger partial charge is 0.191 e. The van der Waals surface area contributed by atoms with Gasteiger partial charge >= 0.3 is 0 Å². The van der Waals surface area contributed by atoms with E-state index in [1.807, 2.05) is 6.92 Å². The minimum atomic E-state index is -0.631. The zero-order valence-electron chi connectivity index (χ0n) is 12.5. The summed E-state index contributed by atoms with van der Waals surface area (Å²) in [6.07, 6.45) is 3.79. The summed E-state index contributed by atoms with van der Waals surface area (Å²) in [5.74, 6) is 0.368. The number of halogens is 1. The molecule has 0 heterocycles. The first-order chi connectivity index (χ1) is 10.1. The van der Waals surface area contributed by atoms with Crippen molar-refractivity contribution in [2.24, 2.45) is 4.99 Å². The van der Waals surface area contributed by atoms with Crippen molar-refractivity contribution in [1.29, 1.82) is 0 Å². The van der Waals surface area contributed by atoms with Gasteiger partial charge in [-0.1, -0.05) is 31.0 Å². The monoisotopic (exact) mass is 293 g/mol. The van der Waals surface area contributed by atoms with Gasteiger partial charge in [0.05, 0.1) is 12.1 Å². The number of aliphatic imine (C=N–C) groups is 1. The average Bonchev–Trinajstić information content (AvgIpc) is 2.91. The normalized spacial score (nSPS) is 17.8. The predicted molar refractivity (Wildman–Crippen MR) is 82.6 cm³/mol. The number of nitrogens with one attached hydrogen (secondary N) is 2. The largest absolute Gasteiger partial charge is 0.388 e. The molecule has 4 nitrogen and oxygen atoms in total. The molecule has 1 fully saturated rings. The van der Waals surface area contributed by atoms with Crippen molar-refractivity contribution < 1.29 is 9.50 Å². The van der Waals surface area contributed by atoms with E-state index in [2.05, 4.69) is 15.6 Å². The third kappa shape index (κ3) is 4.70. The van der Waals surface area contributed by atoms with Crippen LogP contribution in [-0.2, 0) is 6.54 Å². The van der Waals surface area contributed by atoms with Gasteiger partial charge in [0.25, 0.3) is 0 Å². The van der Waals surface area contributed by atoms with Crippen LogP contribution < -0.4 is 10.6 Å². The van der Waals surface area contributed by atoms with Gasteiger partial charge in [-0.25, -0.2) is 9.38 Å². The number of benzene rings is 1. The second-order valence-electron chi connectivity index (χ2n) is 5.57. The summed E-state index contributed by atoms with van der Waals surface area (Å²) in [4.78, 5) is 4.38. The summed E-state index contributed by atoms with van der Waals surface area (Å²) in [5.41, 5.74) is -0.0666. The van der Waals surface area contributed by atoms with Crippen LogP contribution in [0.15, 0.2) is 29.3 Å². The molecule has 0 aromatic heterocycles. The summed E-state index contributed by atoms with van der Waals surface area (Å²) in [6.45, 7) is 3.46. The molecule has 0 saturated heterocycles. The molecule has 0 aliphatic heterocycles. The van der Waals surface area contributed by atoms with Crippen molar-refractivity contribution >= 4 is 5.96 Å². The summed E-state index contributed by atoms with van der Waals surface area (Å²) in [7, 11) is 0. The first-order valence-corrected chi connectivity index (χ1v) is 7.61. The fraction of sp³-hybridized carbons (Fsp3) is 0.562. The highest BCUT2D eigenvalue weighted by Crippen LogP contribution is 2.28. The lowest BCUT2D eigenvalue weighted by Gasteiger charge is -2.23. The Morgan fingerprint density at radius 1 is 1.29 bits per heavy atom. The van der Waals surface area contributed by atoms with Gasteiger partial charge in [0, 0.05) is 18.7 Å². The fourth-order valence-corrected chi connectivity index (χ4v) is 2.59. The van der Waals surface area contributed by atoms with Crippen LogP contribution in [0.4, 0.5) is 4.39 Å². The molecule has 1 aromatic rings. The SMILES string of the molecule is CCNC(=NCc1ccccc1F)NCC1(O)CCCC1. The Morgan fingerprint density at radius 3 is 2.67 bits per heavy atom. The van der Waals surface area contributed by atoms with Gasteiger partial charge in [-0.15, -0.1) is 0 Å². The zero-order valence-corrected chi connectivity index (χ0v) is 12.5. The van der Waals surface area contributed by atoms with Gasteiger partial charge in [-0.2, -0.15) is 0 Å². The van der Waals surface area contributed by atoms with Crippen molar-refractivity contribution in [2.75, 3.05) is 13.1 Å². The molecule has 0 atom stereocenters. The molecule has 0 amide bonds. The molecule has 0 bridgehead atoms. The molecule has 0 spiro atoms. The van der Waals surface area contributed by atoms with Gasteiger partial charge in [0.15, 0.2) is 5.96 Å². The number of hydrogen-bond acceptors (Lipinski definition) is 2. The maximum atomic E-state index is 13.6. The second kappa shape index (κ2) is 7.41. The molecule has 2 rings (SSSR count). The van der Waals surface area contributed by atoms with Crippen LogP contribution in [0.2, 0.25) is 0 Å². The highest BCUT2D eigenvalue weighted by molar-refractivity contribution is 5.79. The molecule has 1 aliphatic carbocycles. The Labute approximate surface area is 125 Å². The van der Waals surface area contributed by atoms with E-state index in [1.54, 1.807) is 18.2 Å². The third-order valence-corrected chi connectivity index (χ3v) is 3.83. The van der Waals surface area contributed by atoms with Crippen LogP contribution >= 0.6 is 0 Å². The van der Waals surface area contributed by atoms with E-state index in [0.29, 0.717) is 18.1 Å². The lowest BCUT2D eigenvalue weighted by atomic mass is 10.0.